The van der Waals surface area contributed by atoms with Crippen LogP contribution in [0.25, 0.3) is 5.65 Å². The molecule has 4 fully saturated rings. The molecule has 0 aliphatic heterocycles. The van der Waals surface area contributed by atoms with Crippen molar-refractivity contribution >= 4 is 17.5 Å². The largest absolute Gasteiger partial charge is 0.394 e. The first kappa shape index (κ1) is 22.4. The number of aliphatic hydroxyl groups is 1. The van der Waals surface area contributed by atoms with Crippen molar-refractivity contribution in [2.75, 3.05) is 13.2 Å². The Bertz CT molecular complexity index is 1010. The average molecular weight is 453 g/mol. The SMILES string of the molecule is CC(C)[C@H](CO)NC(=O)Cc1cn2c(C(=O)NCC34CC5CC(CC(C5)C3)C4)cccc2n1. The molecule has 4 aliphatic carbocycles. The predicted octanol–water partition coefficient (Wildman–Crippen LogP) is 2.96. The molecule has 0 radical (unpaired) electrons. The topological polar surface area (TPSA) is 95.7 Å². The van der Waals surface area contributed by atoms with Crippen LogP contribution in [0.3, 0.4) is 0 Å². The third-order valence-electron chi connectivity index (χ3n) is 8.25. The molecule has 7 nitrogen and oxygen atoms in total. The van der Waals surface area contributed by atoms with Gasteiger partial charge in [-0.1, -0.05) is 19.9 Å². The lowest BCUT2D eigenvalue weighted by molar-refractivity contribution is -0.121. The zero-order chi connectivity index (χ0) is 23.2. The number of nitrogens with zero attached hydrogens (tertiary/aromatic N) is 2. The summed E-state index contributed by atoms with van der Waals surface area (Å²) in [5.41, 5.74) is 2.10. The minimum atomic E-state index is -0.277. The molecule has 4 saturated carbocycles. The van der Waals surface area contributed by atoms with E-state index in [9.17, 15) is 14.7 Å². The molecule has 33 heavy (non-hydrogen) atoms. The van der Waals surface area contributed by atoms with Crippen molar-refractivity contribution in [2.24, 2.45) is 29.1 Å². The Kier molecular flexibility index (Phi) is 5.93. The average Bonchev–Trinajstić information content (AvgIpc) is 3.17. The van der Waals surface area contributed by atoms with E-state index < -0.39 is 0 Å². The second-order valence-corrected chi connectivity index (χ2v) is 11.2. The molecule has 0 saturated heterocycles. The molecule has 6 rings (SSSR count). The van der Waals surface area contributed by atoms with Crippen LogP contribution in [0, 0.1) is 29.1 Å². The van der Waals surface area contributed by atoms with Gasteiger partial charge in [-0.15, -0.1) is 0 Å². The summed E-state index contributed by atoms with van der Waals surface area (Å²) in [4.78, 5) is 30.2. The maximum absolute atomic E-state index is 13.2. The van der Waals surface area contributed by atoms with Gasteiger partial charge in [0.05, 0.1) is 24.8 Å². The third-order valence-corrected chi connectivity index (χ3v) is 8.25. The van der Waals surface area contributed by atoms with Gasteiger partial charge in [0.25, 0.3) is 5.91 Å². The lowest BCUT2D eigenvalue weighted by Gasteiger charge is -2.56. The number of aromatic nitrogens is 2. The Labute approximate surface area is 195 Å². The Morgan fingerprint density at radius 2 is 1.82 bits per heavy atom. The van der Waals surface area contributed by atoms with Crippen LogP contribution < -0.4 is 10.6 Å². The summed E-state index contributed by atoms with van der Waals surface area (Å²) >= 11 is 0. The molecule has 4 aliphatic rings. The molecule has 7 heteroatoms. The van der Waals surface area contributed by atoms with Crippen LogP contribution in [0.2, 0.25) is 0 Å². The number of aliphatic hydroxyl groups excluding tert-OH is 1. The first-order valence-corrected chi connectivity index (χ1v) is 12.5. The van der Waals surface area contributed by atoms with Gasteiger partial charge in [0.1, 0.15) is 11.3 Å². The van der Waals surface area contributed by atoms with Gasteiger partial charge in [0, 0.05) is 12.7 Å². The summed E-state index contributed by atoms with van der Waals surface area (Å²) in [7, 11) is 0. The number of amides is 2. The number of pyridine rings is 1. The minimum Gasteiger partial charge on any atom is -0.394 e. The zero-order valence-corrected chi connectivity index (χ0v) is 19.7. The van der Waals surface area contributed by atoms with Crippen molar-refractivity contribution in [1.82, 2.24) is 20.0 Å². The van der Waals surface area contributed by atoms with Gasteiger partial charge in [-0.05, 0) is 79.7 Å². The molecular formula is C26H36N4O3. The maximum atomic E-state index is 13.2. The summed E-state index contributed by atoms with van der Waals surface area (Å²) in [5, 5.41) is 15.6. The summed E-state index contributed by atoms with van der Waals surface area (Å²) in [5.74, 6) is 2.47. The molecule has 0 spiro atoms. The summed E-state index contributed by atoms with van der Waals surface area (Å²) in [6, 6.07) is 5.23. The first-order chi connectivity index (χ1) is 15.8. The van der Waals surface area contributed by atoms with Crippen LogP contribution in [0.15, 0.2) is 24.4 Å². The molecule has 4 bridgehead atoms. The van der Waals surface area contributed by atoms with Crippen LogP contribution in [-0.4, -0.2) is 45.5 Å². The number of rotatable bonds is 8. The van der Waals surface area contributed by atoms with Crippen LogP contribution in [0.1, 0.15) is 68.6 Å². The van der Waals surface area contributed by atoms with E-state index in [0.29, 0.717) is 17.0 Å². The van der Waals surface area contributed by atoms with E-state index in [2.05, 4.69) is 15.6 Å². The van der Waals surface area contributed by atoms with E-state index in [1.54, 1.807) is 10.6 Å². The van der Waals surface area contributed by atoms with Gasteiger partial charge in [-0.25, -0.2) is 4.98 Å². The fourth-order valence-electron chi connectivity index (χ4n) is 7.04. The van der Waals surface area contributed by atoms with E-state index in [0.717, 1.165) is 24.3 Å². The molecule has 178 valence electrons. The van der Waals surface area contributed by atoms with E-state index in [1.165, 1.54) is 38.5 Å². The monoisotopic (exact) mass is 452 g/mol. The fourth-order valence-corrected chi connectivity index (χ4v) is 7.04. The number of imidazole rings is 1. The molecule has 1 atom stereocenters. The number of fused-ring (bicyclic) bond motifs is 1. The van der Waals surface area contributed by atoms with Crippen molar-refractivity contribution in [3.05, 3.63) is 35.8 Å². The van der Waals surface area contributed by atoms with Gasteiger partial charge in [-0.2, -0.15) is 0 Å². The van der Waals surface area contributed by atoms with Crippen molar-refractivity contribution in [3.8, 4) is 0 Å². The standard InChI is InChI=1S/C26H36N4O3/c1-16(2)21(14-31)29-24(32)9-20-13-30-22(4-3-5-23(30)28-20)25(33)27-15-26-10-17-6-18(11-26)8-19(7-17)12-26/h3-5,13,16-19,21,31H,6-12,14-15H2,1-2H3,(H,27,33)(H,29,32)/t17?,18?,19?,21-,26?/m0/s1. The summed E-state index contributed by atoms with van der Waals surface area (Å²) in [6.07, 6.45) is 9.87. The van der Waals surface area contributed by atoms with Crippen LogP contribution in [-0.2, 0) is 11.2 Å². The fraction of sp³-hybridized carbons (Fsp3) is 0.654. The smallest absolute Gasteiger partial charge is 0.268 e. The highest BCUT2D eigenvalue weighted by molar-refractivity contribution is 5.93. The van der Waals surface area contributed by atoms with Crippen molar-refractivity contribution in [1.29, 1.82) is 0 Å². The van der Waals surface area contributed by atoms with Crippen LogP contribution in [0.4, 0.5) is 0 Å². The third kappa shape index (κ3) is 4.52. The highest BCUT2D eigenvalue weighted by atomic mass is 16.3. The van der Waals surface area contributed by atoms with Gasteiger partial charge < -0.3 is 15.7 Å². The Morgan fingerprint density at radius 1 is 1.15 bits per heavy atom. The second kappa shape index (κ2) is 8.75. The maximum Gasteiger partial charge on any atom is 0.268 e. The lowest BCUT2D eigenvalue weighted by Crippen LogP contribution is -2.51. The predicted molar refractivity (Wildman–Crippen MR) is 126 cm³/mol. The first-order valence-electron chi connectivity index (χ1n) is 12.5. The quantitative estimate of drug-likeness (QED) is 0.574. The minimum absolute atomic E-state index is 0.0788. The van der Waals surface area contributed by atoms with E-state index >= 15 is 0 Å². The van der Waals surface area contributed by atoms with Gasteiger partial charge in [0.2, 0.25) is 5.91 Å². The molecule has 2 aromatic rings. The van der Waals surface area contributed by atoms with E-state index in [1.807, 2.05) is 32.0 Å². The summed E-state index contributed by atoms with van der Waals surface area (Å²) < 4.78 is 1.78. The van der Waals surface area contributed by atoms with Crippen molar-refractivity contribution in [3.63, 3.8) is 0 Å². The Balaban J connectivity index is 1.26. The second-order valence-electron chi connectivity index (χ2n) is 11.2. The van der Waals surface area contributed by atoms with Gasteiger partial charge >= 0.3 is 0 Å². The number of hydrogen-bond acceptors (Lipinski definition) is 4. The van der Waals surface area contributed by atoms with Gasteiger partial charge in [0.15, 0.2) is 0 Å². The summed E-state index contributed by atoms with van der Waals surface area (Å²) in [6.45, 7) is 4.58. The van der Waals surface area contributed by atoms with Crippen molar-refractivity contribution in [2.45, 2.75) is 64.8 Å². The normalized spacial score (nSPS) is 28.9. The van der Waals surface area contributed by atoms with Crippen LogP contribution in [0.5, 0.6) is 0 Å². The molecule has 2 amide bonds. The van der Waals surface area contributed by atoms with Crippen LogP contribution >= 0.6 is 0 Å². The molecular weight excluding hydrogens is 416 g/mol. The van der Waals surface area contributed by atoms with Gasteiger partial charge in [-0.3, -0.25) is 14.0 Å². The molecule has 3 N–H and O–H groups in total. The highest BCUT2D eigenvalue weighted by Gasteiger charge is 2.50. The highest BCUT2D eigenvalue weighted by Crippen LogP contribution is 2.59. The van der Waals surface area contributed by atoms with Crippen molar-refractivity contribution < 1.29 is 14.7 Å². The number of nitrogens with one attached hydrogen (secondary N) is 2. The number of hydrogen-bond donors (Lipinski definition) is 3. The van der Waals surface area contributed by atoms with E-state index in [-0.39, 0.29) is 42.2 Å². The lowest BCUT2D eigenvalue weighted by atomic mass is 9.49. The number of carbonyl (C=O) groups is 2. The van der Waals surface area contributed by atoms with E-state index in [4.69, 9.17) is 0 Å². The molecule has 0 aromatic carbocycles. The Morgan fingerprint density at radius 3 is 2.42 bits per heavy atom. The number of carbonyl (C=O) groups excluding carboxylic acids is 2. The molecule has 2 heterocycles. The molecule has 2 aromatic heterocycles. The Hall–Kier alpha value is -2.41. The zero-order valence-electron chi connectivity index (χ0n) is 19.7. The molecule has 0 unspecified atom stereocenters.